The van der Waals surface area contributed by atoms with Crippen LogP contribution in [-0.4, -0.2) is 54.1 Å². The molecule has 6 nitrogen and oxygen atoms in total. The summed E-state index contributed by atoms with van der Waals surface area (Å²) in [7, 11) is 1.35. The molecule has 1 N–H and O–H groups in total. The van der Waals surface area contributed by atoms with Gasteiger partial charge in [0, 0.05) is 19.3 Å². The van der Waals surface area contributed by atoms with Gasteiger partial charge in [-0.2, -0.15) is 18.4 Å². The molecule has 24 heavy (non-hydrogen) atoms. The molecular formula is C15H15F3N4O2. The minimum absolute atomic E-state index is 0.0510. The minimum atomic E-state index is -4.47. The van der Waals surface area contributed by atoms with Crippen molar-refractivity contribution in [1.82, 2.24) is 9.80 Å². The summed E-state index contributed by atoms with van der Waals surface area (Å²) in [5.74, 6) is -0.726. The van der Waals surface area contributed by atoms with Gasteiger partial charge >= 0.3 is 12.2 Å². The van der Waals surface area contributed by atoms with Crippen molar-refractivity contribution < 1.29 is 22.8 Å². The van der Waals surface area contributed by atoms with Crippen LogP contribution in [-0.2, 0) is 4.79 Å². The topological polar surface area (TPSA) is 76.4 Å². The number of hydrogen-bond acceptors (Lipinski definition) is 3. The number of carbonyl (C=O) groups excluding carboxylic acids is 2. The van der Waals surface area contributed by atoms with Crippen LogP contribution in [0.15, 0.2) is 24.3 Å². The van der Waals surface area contributed by atoms with E-state index in [2.05, 4.69) is 5.32 Å². The number of alkyl halides is 3. The number of anilines is 1. The Morgan fingerprint density at radius 2 is 2.21 bits per heavy atom. The van der Waals surface area contributed by atoms with Crippen molar-refractivity contribution in [2.24, 2.45) is 0 Å². The Bertz CT molecular complexity index is 684. The van der Waals surface area contributed by atoms with Crippen molar-refractivity contribution in [3.63, 3.8) is 0 Å². The molecule has 0 spiro atoms. The number of rotatable bonds is 3. The van der Waals surface area contributed by atoms with Crippen molar-refractivity contribution >= 4 is 17.6 Å². The summed E-state index contributed by atoms with van der Waals surface area (Å²) in [4.78, 5) is 26.0. The number of halogens is 3. The predicted molar refractivity (Wildman–Crippen MR) is 79.0 cm³/mol. The Hall–Kier alpha value is -2.76. The lowest BCUT2D eigenvalue weighted by molar-refractivity contribution is -0.158. The molecule has 1 fully saturated rings. The van der Waals surface area contributed by atoms with Crippen molar-refractivity contribution in [2.75, 3.05) is 25.5 Å². The quantitative estimate of drug-likeness (QED) is 0.916. The summed E-state index contributed by atoms with van der Waals surface area (Å²) in [6, 6.07) is 6.53. The first-order valence-electron chi connectivity index (χ1n) is 7.11. The Balaban J connectivity index is 2.01. The van der Waals surface area contributed by atoms with Crippen LogP contribution in [0, 0.1) is 11.3 Å². The third-order valence-corrected chi connectivity index (χ3v) is 3.67. The predicted octanol–water partition coefficient (Wildman–Crippen LogP) is 2.19. The summed E-state index contributed by atoms with van der Waals surface area (Å²) in [5, 5.41) is 11.3. The minimum Gasteiger partial charge on any atom is -0.332 e. The average Bonchev–Trinajstić information content (AvgIpc) is 2.86. The highest BCUT2D eigenvalue weighted by Gasteiger charge is 2.41. The molecule has 1 aromatic carbocycles. The van der Waals surface area contributed by atoms with Gasteiger partial charge in [-0.3, -0.25) is 4.79 Å². The highest BCUT2D eigenvalue weighted by atomic mass is 19.4. The van der Waals surface area contributed by atoms with Crippen LogP contribution in [0.25, 0.3) is 0 Å². The third-order valence-electron chi connectivity index (χ3n) is 3.67. The molecule has 0 unspecified atom stereocenters. The van der Waals surface area contributed by atoms with Crippen molar-refractivity contribution in [3.8, 4) is 6.07 Å². The third kappa shape index (κ3) is 4.16. The highest BCUT2D eigenvalue weighted by Crippen LogP contribution is 2.23. The van der Waals surface area contributed by atoms with Gasteiger partial charge in [-0.15, -0.1) is 0 Å². The standard InChI is InChI=1S/C15H15F3N4O2/c1-21(12-5-6-22(13(12)23)9-15(16,17)18)14(24)20-11-4-2-3-10(7-11)8-19/h2-4,7,12H,5-6,9H2,1H3,(H,20,24)/t12-/m1/s1. The lowest BCUT2D eigenvalue weighted by atomic mass is 10.2. The number of amides is 3. The molecule has 1 heterocycles. The van der Waals surface area contributed by atoms with Gasteiger partial charge in [0.15, 0.2) is 0 Å². The number of nitrogens with one attached hydrogen (secondary N) is 1. The van der Waals surface area contributed by atoms with E-state index in [0.717, 1.165) is 4.90 Å². The van der Waals surface area contributed by atoms with Crippen LogP contribution in [0.2, 0.25) is 0 Å². The number of carbonyl (C=O) groups is 2. The summed E-state index contributed by atoms with van der Waals surface area (Å²) in [6.07, 6.45) is -4.33. The maximum atomic E-state index is 12.4. The first-order valence-corrected chi connectivity index (χ1v) is 7.11. The van der Waals surface area contributed by atoms with Gasteiger partial charge in [-0.25, -0.2) is 4.79 Å². The van der Waals surface area contributed by atoms with Crippen LogP contribution in [0.1, 0.15) is 12.0 Å². The average molecular weight is 340 g/mol. The maximum Gasteiger partial charge on any atom is 0.406 e. The van der Waals surface area contributed by atoms with Crippen LogP contribution in [0.5, 0.6) is 0 Å². The van der Waals surface area contributed by atoms with Crippen LogP contribution < -0.4 is 5.32 Å². The van der Waals surface area contributed by atoms with E-state index in [-0.39, 0.29) is 13.0 Å². The fourth-order valence-electron chi connectivity index (χ4n) is 2.47. The van der Waals surface area contributed by atoms with Crippen molar-refractivity contribution in [1.29, 1.82) is 5.26 Å². The summed E-state index contributed by atoms with van der Waals surface area (Å²) >= 11 is 0. The molecule has 3 amide bonds. The zero-order valence-electron chi connectivity index (χ0n) is 12.8. The molecule has 1 atom stereocenters. The lowest BCUT2D eigenvalue weighted by Gasteiger charge is -2.24. The largest absolute Gasteiger partial charge is 0.406 e. The van der Waals surface area contributed by atoms with Gasteiger partial charge in [-0.05, 0) is 24.6 Å². The molecular weight excluding hydrogens is 325 g/mol. The van der Waals surface area contributed by atoms with Crippen molar-refractivity contribution in [2.45, 2.75) is 18.6 Å². The molecule has 0 bridgehead atoms. The monoisotopic (exact) mass is 340 g/mol. The summed E-state index contributed by atoms with van der Waals surface area (Å²) < 4.78 is 37.2. The van der Waals surface area contributed by atoms with E-state index in [4.69, 9.17) is 5.26 Å². The molecule has 1 aromatic rings. The number of nitrogens with zero attached hydrogens (tertiary/aromatic N) is 3. The number of urea groups is 1. The van der Waals surface area contributed by atoms with Gasteiger partial charge in [-0.1, -0.05) is 6.07 Å². The van der Waals surface area contributed by atoms with Crippen LogP contribution in [0.4, 0.5) is 23.7 Å². The van der Waals surface area contributed by atoms with Gasteiger partial charge in [0.2, 0.25) is 5.91 Å². The van der Waals surface area contributed by atoms with E-state index in [1.807, 2.05) is 6.07 Å². The Morgan fingerprint density at radius 3 is 2.83 bits per heavy atom. The second kappa shape index (κ2) is 6.78. The molecule has 1 aliphatic heterocycles. The maximum absolute atomic E-state index is 12.4. The van der Waals surface area contributed by atoms with Gasteiger partial charge < -0.3 is 15.1 Å². The zero-order chi connectivity index (χ0) is 17.9. The van der Waals surface area contributed by atoms with Gasteiger partial charge in [0.25, 0.3) is 0 Å². The van der Waals surface area contributed by atoms with E-state index in [1.54, 1.807) is 18.2 Å². The molecule has 1 saturated heterocycles. The molecule has 1 aliphatic rings. The Kier molecular flexibility index (Phi) is 4.97. The van der Waals surface area contributed by atoms with Gasteiger partial charge in [0.1, 0.15) is 12.6 Å². The van der Waals surface area contributed by atoms with E-state index in [0.29, 0.717) is 16.2 Å². The number of likely N-dealkylation sites (N-methyl/N-ethyl adjacent to an activating group) is 1. The molecule has 0 aromatic heterocycles. The second-order valence-corrected chi connectivity index (χ2v) is 5.41. The van der Waals surface area contributed by atoms with Crippen molar-refractivity contribution in [3.05, 3.63) is 29.8 Å². The molecule has 128 valence electrons. The number of nitriles is 1. The number of hydrogen-bond donors (Lipinski definition) is 1. The number of likely N-dealkylation sites (tertiary alicyclic amines) is 1. The lowest BCUT2D eigenvalue weighted by Crippen LogP contribution is -2.46. The highest BCUT2D eigenvalue weighted by molar-refractivity contribution is 5.94. The molecule has 2 rings (SSSR count). The molecule has 0 saturated carbocycles. The fourth-order valence-corrected chi connectivity index (χ4v) is 2.47. The molecule has 0 aliphatic carbocycles. The van der Waals surface area contributed by atoms with E-state index >= 15 is 0 Å². The zero-order valence-corrected chi connectivity index (χ0v) is 12.8. The van der Waals surface area contributed by atoms with Gasteiger partial charge in [0.05, 0.1) is 11.6 Å². The second-order valence-electron chi connectivity index (χ2n) is 5.41. The fraction of sp³-hybridized carbons (Fsp3) is 0.400. The SMILES string of the molecule is CN(C(=O)Nc1cccc(C#N)c1)[C@@H]1CCN(CC(F)(F)F)C1=O. The normalized spacial score (nSPS) is 17.5. The smallest absolute Gasteiger partial charge is 0.332 e. The van der Waals surface area contributed by atoms with Crippen LogP contribution >= 0.6 is 0 Å². The first kappa shape index (κ1) is 17.6. The molecule has 9 heteroatoms. The first-order chi connectivity index (χ1) is 11.2. The van der Waals surface area contributed by atoms with E-state index in [1.165, 1.54) is 13.1 Å². The Morgan fingerprint density at radius 1 is 1.50 bits per heavy atom. The summed E-state index contributed by atoms with van der Waals surface area (Å²) in [5.41, 5.74) is 0.715. The van der Waals surface area contributed by atoms with E-state index < -0.39 is 30.7 Å². The van der Waals surface area contributed by atoms with E-state index in [9.17, 15) is 22.8 Å². The summed E-state index contributed by atoms with van der Waals surface area (Å²) in [6.45, 7) is -1.37. The number of benzene rings is 1. The van der Waals surface area contributed by atoms with Crippen LogP contribution in [0.3, 0.4) is 0 Å². The molecule has 0 radical (unpaired) electrons. The Labute approximate surface area is 136 Å².